The molecule has 0 N–H and O–H groups in total. The highest BCUT2D eigenvalue weighted by Crippen LogP contribution is 2.60. The predicted molar refractivity (Wildman–Crippen MR) is 113 cm³/mol. The molecule has 2 rings (SSSR count). The summed E-state index contributed by atoms with van der Waals surface area (Å²) < 4.78 is 24.0. The first-order valence-corrected chi connectivity index (χ1v) is 12.2. The summed E-state index contributed by atoms with van der Waals surface area (Å²) in [4.78, 5) is 0. The molecule has 0 heterocycles. The van der Waals surface area contributed by atoms with Gasteiger partial charge in [0.2, 0.25) is 0 Å². The molecule has 140 valence electrons. The standard InChI is InChI=1S/C19H21Cl2O3PS/c1-3-14-26-25(22,23-4-2)24-17-12-10-16(11-13-17)18(19(20)21)15-8-6-5-7-9-15/h5-13H,3-4,14H2,1-2H3. The largest absolute Gasteiger partial charge is 0.440 e. The van der Waals surface area contributed by atoms with Crippen LogP contribution in [0.25, 0.3) is 5.57 Å². The highest BCUT2D eigenvalue weighted by Gasteiger charge is 2.26. The number of benzene rings is 2. The quantitative estimate of drug-likeness (QED) is 0.384. The molecule has 0 saturated heterocycles. The predicted octanol–water partition coefficient (Wildman–Crippen LogP) is 7.55. The van der Waals surface area contributed by atoms with Gasteiger partial charge in [-0.1, -0.05) is 72.6 Å². The van der Waals surface area contributed by atoms with Crippen molar-refractivity contribution in [2.75, 3.05) is 12.4 Å². The Balaban J connectivity index is 2.24. The molecular weight excluding hydrogens is 410 g/mol. The van der Waals surface area contributed by atoms with E-state index in [9.17, 15) is 4.57 Å². The Kier molecular flexibility index (Phi) is 8.59. The normalized spacial score (nSPS) is 13.1. The first-order chi connectivity index (χ1) is 12.5. The van der Waals surface area contributed by atoms with Gasteiger partial charge < -0.3 is 4.52 Å². The zero-order chi connectivity index (χ0) is 19.0. The zero-order valence-corrected chi connectivity index (χ0v) is 17.9. The lowest BCUT2D eigenvalue weighted by atomic mass is 10.00. The lowest BCUT2D eigenvalue weighted by molar-refractivity contribution is 0.296. The summed E-state index contributed by atoms with van der Waals surface area (Å²) in [5, 5.41) is 0. The van der Waals surface area contributed by atoms with Crippen molar-refractivity contribution in [3.05, 3.63) is 70.2 Å². The molecule has 0 aliphatic carbocycles. The fourth-order valence-corrected chi connectivity index (χ4v) is 6.15. The van der Waals surface area contributed by atoms with E-state index >= 15 is 0 Å². The van der Waals surface area contributed by atoms with Crippen LogP contribution in [0.5, 0.6) is 5.75 Å². The van der Waals surface area contributed by atoms with Crippen molar-refractivity contribution in [1.82, 2.24) is 0 Å². The van der Waals surface area contributed by atoms with E-state index in [0.717, 1.165) is 23.1 Å². The SMILES string of the molecule is CCCSP(=O)(OCC)Oc1ccc(C(=C(Cl)Cl)c2ccccc2)cc1. The molecule has 0 aliphatic heterocycles. The van der Waals surface area contributed by atoms with Crippen molar-refractivity contribution in [2.24, 2.45) is 0 Å². The highest BCUT2D eigenvalue weighted by atomic mass is 35.5. The minimum absolute atomic E-state index is 0.184. The van der Waals surface area contributed by atoms with E-state index < -0.39 is 6.80 Å². The molecule has 3 nitrogen and oxygen atoms in total. The first-order valence-electron chi connectivity index (χ1n) is 8.29. The maximum absolute atomic E-state index is 12.8. The van der Waals surface area contributed by atoms with Crippen molar-refractivity contribution in [2.45, 2.75) is 20.3 Å². The van der Waals surface area contributed by atoms with E-state index in [4.69, 9.17) is 32.2 Å². The van der Waals surface area contributed by atoms with E-state index in [2.05, 4.69) is 0 Å². The molecular formula is C19H21Cl2O3PS. The van der Waals surface area contributed by atoms with Gasteiger partial charge in [-0.05, 0) is 48.0 Å². The minimum Gasteiger partial charge on any atom is -0.417 e. The average molecular weight is 431 g/mol. The number of hydrogen-bond donors (Lipinski definition) is 0. The van der Waals surface area contributed by atoms with Crippen LogP contribution in [0.1, 0.15) is 31.4 Å². The summed E-state index contributed by atoms with van der Waals surface area (Å²) in [5.41, 5.74) is 2.49. The van der Waals surface area contributed by atoms with E-state index in [1.54, 1.807) is 19.1 Å². The van der Waals surface area contributed by atoms with Crippen LogP contribution in [0.2, 0.25) is 0 Å². The van der Waals surface area contributed by atoms with Gasteiger partial charge in [0, 0.05) is 11.3 Å². The Labute approximate surface area is 169 Å². The van der Waals surface area contributed by atoms with Crippen LogP contribution >= 0.6 is 41.4 Å². The fraction of sp³-hybridized carbons (Fsp3) is 0.263. The Hall–Kier alpha value is -0.900. The summed E-state index contributed by atoms with van der Waals surface area (Å²) in [6.07, 6.45) is 0.892. The molecule has 1 unspecified atom stereocenters. The van der Waals surface area contributed by atoms with Gasteiger partial charge in [0.25, 0.3) is 0 Å². The van der Waals surface area contributed by atoms with Crippen LogP contribution in [-0.4, -0.2) is 12.4 Å². The molecule has 1 atom stereocenters. The van der Waals surface area contributed by atoms with Crippen LogP contribution in [0.3, 0.4) is 0 Å². The molecule has 0 aromatic heterocycles. The molecule has 0 aliphatic rings. The summed E-state index contributed by atoms with van der Waals surface area (Å²) in [5.74, 6) is 1.19. The fourth-order valence-electron chi connectivity index (χ4n) is 2.25. The molecule has 0 radical (unpaired) electrons. The molecule has 0 amide bonds. The number of halogens is 2. The van der Waals surface area contributed by atoms with Gasteiger partial charge in [0.05, 0.1) is 6.61 Å². The van der Waals surface area contributed by atoms with Gasteiger partial charge in [-0.2, -0.15) is 0 Å². The minimum atomic E-state index is -3.22. The van der Waals surface area contributed by atoms with Crippen LogP contribution in [0, 0.1) is 0 Å². The number of hydrogen-bond acceptors (Lipinski definition) is 4. The third kappa shape index (κ3) is 6.07. The third-order valence-electron chi connectivity index (χ3n) is 3.35. The van der Waals surface area contributed by atoms with Gasteiger partial charge in [-0.15, -0.1) is 0 Å². The Morgan fingerprint density at radius 3 is 2.15 bits per heavy atom. The van der Waals surface area contributed by atoms with Gasteiger partial charge in [0.15, 0.2) is 0 Å². The van der Waals surface area contributed by atoms with Gasteiger partial charge in [-0.3, -0.25) is 4.52 Å². The molecule has 2 aromatic carbocycles. The maximum Gasteiger partial charge on any atom is 0.440 e. The van der Waals surface area contributed by atoms with Crippen molar-refractivity contribution >= 4 is 47.0 Å². The molecule has 2 aromatic rings. The molecule has 0 spiro atoms. The van der Waals surface area contributed by atoms with Crippen LogP contribution in [-0.2, 0) is 9.09 Å². The monoisotopic (exact) mass is 430 g/mol. The second-order valence-corrected chi connectivity index (χ2v) is 10.4. The molecule has 0 bridgehead atoms. The first kappa shape index (κ1) is 21.4. The van der Waals surface area contributed by atoms with Crippen LogP contribution < -0.4 is 4.52 Å². The smallest absolute Gasteiger partial charge is 0.417 e. The van der Waals surface area contributed by atoms with Gasteiger partial charge in [0.1, 0.15) is 10.2 Å². The lowest BCUT2D eigenvalue weighted by Crippen LogP contribution is -1.96. The lowest BCUT2D eigenvalue weighted by Gasteiger charge is -2.18. The Morgan fingerprint density at radius 2 is 1.62 bits per heavy atom. The van der Waals surface area contributed by atoms with Crippen LogP contribution in [0.15, 0.2) is 59.1 Å². The van der Waals surface area contributed by atoms with E-state index in [1.807, 2.05) is 49.4 Å². The summed E-state index contributed by atoms with van der Waals surface area (Å²) in [7, 11) is 0. The maximum atomic E-state index is 12.8. The second-order valence-electron chi connectivity index (χ2n) is 5.32. The molecule has 26 heavy (non-hydrogen) atoms. The zero-order valence-electron chi connectivity index (χ0n) is 14.7. The van der Waals surface area contributed by atoms with E-state index in [1.165, 1.54) is 11.4 Å². The number of rotatable bonds is 9. The third-order valence-corrected chi connectivity index (χ3v) is 7.68. The Morgan fingerprint density at radius 1 is 1.00 bits per heavy atom. The van der Waals surface area contributed by atoms with Gasteiger partial charge in [-0.25, -0.2) is 4.57 Å². The summed E-state index contributed by atoms with van der Waals surface area (Å²) >= 11 is 13.4. The van der Waals surface area contributed by atoms with Crippen molar-refractivity contribution in [3.63, 3.8) is 0 Å². The Bertz CT molecular complexity index is 775. The molecule has 7 heteroatoms. The topological polar surface area (TPSA) is 35.5 Å². The van der Waals surface area contributed by atoms with Crippen molar-refractivity contribution in [1.29, 1.82) is 0 Å². The van der Waals surface area contributed by atoms with Gasteiger partial charge >= 0.3 is 6.80 Å². The second kappa shape index (κ2) is 10.4. The van der Waals surface area contributed by atoms with Crippen molar-refractivity contribution < 1.29 is 13.6 Å². The molecule has 0 saturated carbocycles. The van der Waals surface area contributed by atoms with Crippen molar-refractivity contribution in [3.8, 4) is 5.75 Å². The summed E-state index contributed by atoms with van der Waals surface area (Å²) in [6, 6.07) is 16.8. The summed E-state index contributed by atoms with van der Waals surface area (Å²) in [6.45, 7) is 0.923. The van der Waals surface area contributed by atoms with Crippen LogP contribution in [0.4, 0.5) is 0 Å². The van der Waals surface area contributed by atoms with E-state index in [0.29, 0.717) is 18.1 Å². The van der Waals surface area contributed by atoms with E-state index in [-0.39, 0.29) is 4.49 Å². The highest BCUT2D eigenvalue weighted by molar-refractivity contribution is 8.55. The average Bonchev–Trinajstić information content (AvgIpc) is 2.62. The molecule has 0 fully saturated rings.